The maximum atomic E-state index is 12.4. The minimum atomic E-state index is -0.300. The molecule has 0 bridgehead atoms. The molecule has 0 aliphatic heterocycles. The van der Waals surface area contributed by atoms with E-state index in [2.05, 4.69) is 27.7 Å². The van der Waals surface area contributed by atoms with Crippen molar-refractivity contribution in [2.75, 3.05) is 13.2 Å². The molecule has 0 saturated heterocycles. The highest BCUT2D eigenvalue weighted by Gasteiger charge is 2.27. The number of rotatable bonds is 34. The van der Waals surface area contributed by atoms with Crippen molar-refractivity contribution in [1.29, 1.82) is 0 Å². The third-order valence-electron chi connectivity index (χ3n) is 8.99. The normalized spacial score (nSPS) is 11.6. The SMILES string of the molecule is CCCCCCCCCCCCCCCC(=O)OCC(C)(CCC)COC(=O)CCCCCCCCCCCCCCC. The summed E-state index contributed by atoms with van der Waals surface area (Å²) in [6, 6.07) is 0. The summed E-state index contributed by atoms with van der Waals surface area (Å²) in [5, 5.41) is 0. The number of hydrogen-bond acceptors (Lipinski definition) is 4. The zero-order valence-electron chi connectivity index (χ0n) is 29.8. The van der Waals surface area contributed by atoms with E-state index in [9.17, 15) is 9.59 Å². The van der Waals surface area contributed by atoms with Gasteiger partial charge in [0.15, 0.2) is 0 Å². The van der Waals surface area contributed by atoms with Crippen molar-refractivity contribution in [2.45, 2.75) is 220 Å². The molecule has 0 spiro atoms. The molecule has 0 heterocycles. The van der Waals surface area contributed by atoms with Crippen molar-refractivity contribution in [2.24, 2.45) is 5.41 Å². The van der Waals surface area contributed by atoms with Gasteiger partial charge in [0.1, 0.15) is 0 Å². The van der Waals surface area contributed by atoms with Crippen LogP contribution in [-0.2, 0) is 19.1 Å². The van der Waals surface area contributed by atoms with Crippen LogP contribution in [-0.4, -0.2) is 25.2 Å². The van der Waals surface area contributed by atoms with E-state index in [4.69, 9.17) is 9.47 Å². The Bertz CT molecular complexity index is 556. The quantitative estimate of drug-likeness (QED) is 0.0538. The molecule has 0 unspecified atom stereocenters. The van der Waals surface area contributed by atoms with E-state index in [0.29, 0.717) is 26.1 Å². The van der Waals surface area contributed by atoms with Crippen LogP contribution < -0.4 is 0 Å². The van der Waals surface area contributed by atoms with Gasteiger partial charge in [-0.05, 0) is 19.3 Å². The molecule has 43 heavy (non-hydrogen) atoms. The van der Waals surface area contributed by atoms with Gasteiger partial charge in [-0.25, -0.2) is 0 Å². The second-order valence-corrected chi connectivity index (χ2v) is 13.9. The Kier molecular flexibility index (Phi) is 31.5. The summed E-state index contributed by atoms with van der Waals surface area (Å²) >= 11 is 0. The second kappa shape index (κ2) is 32.3. The lowest BCUT2D eigenvalue weighted by Crippen LogP contribution is -2.31. The predicted molar refractivity (Wildman–Crippen MR) is 186 cm³/mol. The Morgan fingerprint density at radius 1 is 0.395 bits per heavy atom. The average Bonchev–Trinajstić information content (AvgIpc) is 3.00. The zero-order valence-corrected chi connectivity index (χ0v) is 29.8. The maximum absolute atomic E-state index is 12.4. The molecule has 0 rings (SSSR count). The van der Waals surface area contributed by atoms with Crippen molar-refractivity contribution >= 4 is 11.9 Å². The van der Waals surface area contributed by atoms with E-state index in [-0.39, 0.29) is 17.4 Å². The number of hydrogen-bond donors (Lipinski definition) is 0. The summed E-state index contributed by atoms with van der Waals surface area (Å²) in [5.74, 6) is -0.215. The van der Waals surface area contributed by atoms with Crippen LogP contribution in [0.5, 0.6) is 0 Å². The first-order valence-electron chi connectivity index (χ1n) is 19.3. The van der Waals surface area contributed by atoms with Gasteiger partial charge >= 0.3 is 11.9 Å². The highest BCUT2D eigenvalue weighted by atomic mass is 16.5. The molecule has 0 aliphatic carbocycles. The van der Waals surface area contributed by atoms with E-state index in [1.807, 2.05) is 0 Å². The Labute approximate surface area is 269 Å². The Balaban J connectivity index is 3.76. The molecule has 0 aromatic carbocycles. The summed E-state index contributed by atoms with van der Waals surface area (Å²) in [5.41, 5.74) is -0.300. The molecule has 0 N–H and O–H groups in total. The minimum absolute atomic E-state index is 0.108. The fourth-order valence-corrected chi connectivity index (χ4v) is 6.02. The molecule has 0 aliphatic rings. The van der Waals surface area contributed by atoms with E-state index in [1.54, 1.807) is 0 Å². The smallest absolute Gasteiger partial charge is 0.305 e. The van der Waals surface area contributed by atoms with Crippen LogP contribution in [0.1, 0.15) is 220 Å². The van der Waals surface area contributed by atoms with E-state index in [1.165, 1.54) is 141 Å². The van der Waals surface area contributed by atoms with Crippen LogP contribution >= 0.6 is 0 Å². The van der Waals surface area contributed by atoms with Crippen molar-refractivity contribution < 1.29 is 19.1 Å². The van der Waals surface area contributed by atoms with E-state index < -0.39 is 0 Å². The highest BCUT2D eigenvalue weighted by molar-refractivity contribution is 5.69. The lowest BCUT2D eigenvalue weighted by atomic mass is 9.87. The van der Waals surface area contributed by atoms with Gasteiger partial charge < -0.3 is 9.47 Å². The fraction of sp³-hybridized carbons (Fsp3) is 0.949. The standard InChI is InChI=1S/C39H76O4/c1-5-8-10-12-14-16-18-20-22-24-26-28-30-32-37(40)42-35-39(4,34-7-3)36-43-38(41)33-31-29-27-25-23-21-19-17-15-13-11-9-6-2/h5-36H2,1-4H3. The first-order chi connectivity index (χ1) is 21.0. The Hall–Kier alpha value is -1.06. The molecule has 256 valence electrons. The van der Waals surface area contributed by atoms with Crippen LogP contribution in [0.15, 0.2) is 0 Å². The molecule has 0 radical (unpaired) electrons. The summed E-state index contributed by atoms with van der Waals surface area (Å²) < 4.78 is 11.3. The van der Waals surface area contributed by atoms with Crippen LogP contribution in [0, 0.1) is 5.41 Å². The number of carbonyl (C=O) groups excluding carboxylic acids is 2. The lowest BCUT2D eigenvalue weighted by molar-refractivity contribution is -0.153. The van der Waals surface area contributed by atoms with Crippen LogP contribution in [0.25, 0.3) is 0 Å². The van der Waals surface area contributed by atoms with Gasteiger partial charge in [0.05, 0.1) is 13.2 Å². The van der Waals surface area contributed by atoms with Crippen LogP contribution in [0.3, 0.4) is 0 Å². The molecule has 0 amide bonds. The Morgan fingerprint density at radius 3 is 0.907 bits per heavy atom. The molecule has 0 aromatic rings. The fourth-order valence-electron chi connectivity index (χ4n) is 6.02. The lowest BCUT2D eigenvalue weighted by Gasteiger charge is -2.28. The van der Waals surface area contributed by atoms with Crippen molar-refractivity contribution in [1.82, 2.24) is 0 Å². The largest absolute Gasteiger partial charge is 0.465 e. The molecule has 0 fully saturated rings. The van der Waals surface area contributed by atoms with E-state index >= 15 is 0 Å². The third kappa shape index (κ3) is 30.7. The first kappa shape index (κ1) is 41.9. The van der Waals surface area contributed by atoms with Crippen molar-refractivity contribution in [3.8, 4) is 0 Å². The second-order valence-electron chi connectivity index (χ2n) is 13.9. The molecule has 0 aromatic heterocycles. The molecule has 4 heteroatoms. The third-order valence-corrected chi connectivity index (χ3v) is 8.99. The molecule has 0 atom stereocenters. The topological polar surface area (TPSA) is 52.6 Å². The van der Waals surface area contributed by atoms with Gasteiger partial charge in [-0.1, -0.05) is 188 Å². The molecular weight excluding hydrogens is 532 g/mol. The van der Waals surface area contributed by atoms with Gasteiger partial charge in [-0.15, -0.1) is 0 Å². The van der Waals surface area contributed by atoms with Gasteiger partial charge in [-0.2, -0.15) is 0 Å². The maximum Gasteiger partial charge on any atom is 0.305 e. The summed E-state index contributed by atoms with van der Waals surface area (Å²) in [4.78, 5) is 24.7. The average molecular weight is 609 g/mol. The van der Waals surface area contributed by atoms with Crippen LogP contribution in [0.2, 0.25) is 0 Å². The number of esters is 2. The number of unbranched alkanes of at least 4 members (excludes halogenated alkanes) is 24. The first-order valence-corrected chi connectivity index (χ1v) is 19.3. The summed E-state index contributed by atoms with van der Waals surface area (Å²) in [7, 11) is 0. The monoisotopic (exact) mass is 609 g/mol. The van der Waals surface area contributed by atoms with Gasteiger partial charge in [0.25, 0.3) is 0 Å². The van der Waals surface area contributed by atoms with Gasteiger partial charge in [0.2, 0.25) is 0 Å². The Morgan fingerprint density at radius 2 is 0.651 bits per heavy atom. The summed E-state index contributed by atoms with van der Waals surface area (Å²) in [6.07, 6.45) is 36.7. The van der Waals surface area contributed by atoms with Crippen molar-refractivity contribution in [3.63, 3.8) is 0 Å². The predicted octanol–water partition coefficient (Wildman–Crippen LogP) is 12.8. The number of carbonyl (C=O) groups is 2. The minimum Gasteiger partial charge on any atom is -0.465 e. The molecule has 0 saturated carbocycles. The highest BCUT2D eigenvalue weighted by Crippen LogP contribution is 2.25. The van der Waals surface area contributed by atoms with Crippen molar-refractivity contribution in [3.05, 3.63) is 0 Å². The van der Waals surface area contributed by atoms with Gasteiger partial charge in [0, 0.05) is 18.3 Å². The van der Waals surface area contributed by atoms with Gasteiger partial charge in [-0.3, -0.25) is 9.59 Å². The molecular formula is C39H76O4. The molecule has 4 nitrogen and oxygen atoms in total. The van der Waals surface area contributed by atoms with E-state index in [0.717, 1.165) is 38.5 Å². The zero-order chi connectivity index (χ0) is 31.7. The van der Waals surface area contributed by atoms with Crippen LogP contribution in [0.4, 0.5) is 0 Å². The summed E-state index contributed by atoms with van der Waals surface area (Å²) in [6.45, 7) is 9.43. The number of ether oxygens (including phenoxy) is 2.